The zero-order chi connectivity index (χ0) is 20.3. The number of rotatable bonds is 5. The number of amides is 1. The number of carbonyl (C=O) groups is 1. The van der Waals surface area contributed by atoms with Crippen LogP contribution in [0.15, 0.2) is 71.6 Å². The van der Waals surface area contributed by atoms with Crippen LogP contribution in [0.25, 0.3) is 0 Å². The Morgan fingerprint density at radius 3 is 2.07 bits per heavy atom. The van der Waals surface area contributed by atoms with Crippen LogP contribution in [0.1, 0.15) is 10.4 Å². The van der Waals surface area contributed by atoms with Crippen LogP contribution in [0.4, 0.5) is 11.4 Å². The molecule has 144 valence electrons. The zero-order valence-corrected chi connectivity index (χ0v) is 18.6. The van der Waals surface area contributed by atoms with Gasteiger partial charge < -0.3 is 5.32 Å². The number of anilines is 2. The predicted octanol–water partition coefficient (Wildman–Crippen LogP) is 5.65. The molecule has 1 amide bonds. The fourth-order valence-electron chi connectivity index (χ4n) is 2.39. The number of hydrogen-bond acceptors (Lipinski definition) is 3. The summed E-state index contributed by atoms with van der Waals surface area (Å²) in [7, 11) is -3.83. The molecule has 0 saturated heterocycles. The van der Waals surface area contributed by atoms with Crippen molar-refractivity contribution in [2.75, 3.05) is 10.0 Å². The SMILES string of the molecule is O=C(Nc1ccc(S(=O)(=O)Nc2cc(Cl)cc(Cl)c2)cc1)c1ccccc1I. The molecule has 0 radical (unpaired) electrons. The highest BCUT2D eigenvalue weighted by molar-refractivity contribution is 14.1. The van der Waals surface area contributed by atoms with Crippen LogP contribution in [-0.4, -0.2) is 14.3 Å². The van der Waals surface area contributed by atoms with Crippen LogP contribution in [0.3, 0.4) is 0 Å². The summed E-state index contributed by atoms with van der Waals surface area (Å²) < 4.78 is 28.3. The molecule has 0 aromatic heterocycles. The van der Waals surface area contributed by atoms with Gasteiger partial charge in [-0.1, -0.05) is 35.3 Å². The Kier molecular flexibility index (Phi) is 6.49. The first-order valence-electron chi connectivity index (χ1n) is 7.89. The average molecular weight is 547 g/mol. The third kappa shape index (κ3) is 5.16. The molecule has 0 aliphatic heterocycles. The third-order valence-corrected chi connectivity index (χ3v) is 6.43. The lowest BCUT2D eigenvalue weighted by atomic mass is 10.2. The van der Waals surface area contributed by atoms with Crippen molar-refractivity contribution in [1.29, 1.82) is 0 Å². The molecular weight excluding hydrogens is 534 g/mol. The van der Waals surface area contributed by atoms with Crippen molar-refractivity contribution < 1.29 is 13.2 Å². The third-order valence-electron chi connectivity index (χ3n) is 3.66. The molecule has 0 atom stereocenters. The molecule has 0 unspecified atom stereocenters. The van der Waals surface area contributed by atoms with E-state index in [1.54, 1.807) is 12.1 Å². The minimum Gasteiger partial charge on any atom is -0.322 e. The normalized spacial score (nSPS) is 11.1. The minimum absolute atomic E-state index is 0.0379. The van der Waals surface area contributed by atoms with Gasteiger partial charge in [0.15, 0.2) is 0 Å². The smallest absolute Gasteiger partial charge is 0.261 e. The largest absolute Gasteiger partial charge is 0.322 e. The van der Waals surface area contributed by atoms with Gasteiger partial charge in [-0.3, -0.25) is 9.52 Å². The number of nitrogens with one attached hydrogen (secondary N) is 2. The van der Waals surface area contributed by atoms with E-state index in [1.165, 1.54) is 42.5 Å². The van der Waals surface area contributed by atoms with E-state index in [4.69, 9.17) is 23.2 Å². The Labute approximate surface area is 186 Å². The summed E-state index contributed by atoms with van der Waals surface area (Å²) in [6, 6.07) is 17.4. The molecule has 2 N–H and O–H groups in total. The van der Waals surface area contributed by atoms with Gasteiger partial charge >= 0.3 is 0 Å². The Bertz CT molecular complexity index is 1120. The number of hydrogen-bond donors (Lipinski definition) is 2. The van der Waals surface area contributed by atoms with Crippen LogP contribution in [0.2, 0.25) is 10.0 Å². The first-order chi connectivity index (χ1) is 13.2. The van der Waals surface area contributed by atoms with Crippen molar-refractivity contribution in [2.45, 2.75) is 4.90 Å². The van der Waals surface area contributed by atoms with Crippen LogP contribution in [0, 0.1) is 3.57 Å². The van der Waals surface area contributed by atoms with Gasteiger partial charge in [0.05, 0.1) is 16.1 Å². The molecule has 0 aliphatic rings. The second kappa shape index (κ2) is 8.69. The molecule has 0 aliphatic carbocycles. The summed E-state index contributed by atoms with van der Waals surface area (Å²) >= 11 is 13.9. The monoisotopic (exact) mass is 546 g/mol. The fourth-order valence-corrected chi connectivity index (χ4v) is 4.59. The topological polar surface area (TPSA) is 75.3 Å². The van der Waals surface area contributed by atoms with Crippen LogP contribution in [0.5, 0.6) is 0 Å². The highest BCUT2D eigenvalue weighted by Crippen LogP contribution is 2.25. The lowest BCUT2D eigenvalue weighted by Crippen LogP contribution is -2.15. The average Bonchev–Trinajstić information content (AvgIpc) is 2.61. The fraction of sp³-hybridized carbons (Fsp3) is 0. The van der Waals surface area contributed by atoms with E-state index in [1.807, 2.05) is 12.1 Å². The van der Waals surface area contributed by atoms with Crippen LogP contribution >= 0.6 is 45.8 Å². The quantitative estimate of drug-likeness (QED) is 0.406. The van der Waals surface area contributed by atoms with Gasteiger partial charge in [-0.2, -0.15) is 0 Å². The molecule has 0 fully saturated rings. The van der Waals surface area contributed by atoms with Gasteiger partial charge in [0.1, 0.15) is 0 Å². The van der Waals surface area contributed by atoms with Gasteiger partial charge in [0.2, 0.25) is 0 Å². The van der Waals surface area contributed by atoms with Crippen LogP contribution < -0.4 is 10.0 Å². The van der Waals surface area contributed by atoms with Gasteiger partial charge in [-0.25, -0.2) is 8.42 Å². The maximum atomic E-state index is 12.5. The van der Waals surface area contributed by atoms with E-state index < -0.39 is 10.0 Å². The van der Waals surface area contributed by atoms with E-state index in [0.717, 1.165) is 3.57 Å². The Hall–Kier alpha value is -1.81. The Morgan fingerprint density at radius 2 is 1.46 bits per heavy atom. The lowest BCUT2D eigenvalue weighted by Gasteiger charge is -2.10. The minimum atomic E-state index is -3.83. The number of sulfonamides is 1. The van der Waals surface area contributed by atoms with E-state index in [0.29, 0.717) is 21.3 Å². The number of halogens is 3. The first kappa shape index (κ1) is 20.9. The number of benzene rings is 3. The van der Waals surface area contributed by atoms with Crippen molar-refractivity contribution in [3.8, 4) is 0 Å². The van der Waals surface area contributed by atoms with E-state index >= 15 is 0 Å². The summed E-state index contributed by atoms with van der Waals surface area (Å²) in [6.45, 7) is 0. The van der Waals surface area contributed by atoms with Crippen molar-refractivity contribution >= 4 is 73.1 Å². The predicted molar refractivity (Wildman–Crippen MR) is 121 cm³/mol. The van der Waals surface area contributed by atoms with Crippen molar-refractivity contribution in [1.82, 2.24) is 0 Å². The van der Waals surface area contributed by atoms with E-state index in [9.17, 15) is 13.2 Å². The van der Waals surface area contributed by atoms with Crippen molar-refractivity contribution in [3.63, 3.8) is 0 Å². The summed E-state index contributed by atoms with van der Waals surface area (Å²) in [4.78, 5) is 12.4. The summed E-state index contributed by atoms with van der Waals surface area (Å²) in [5, 5.41) is 3.39. The van der Waals surface area contributed by atoms with Crippen LogP contribution in [-0.2, 0) is 10.0 Å². The molecule has 3 rings (SSSR count). The molecule has 0 bridgehead atoms. The number of carbonyl (C=O) groups excluding carboxylic acids is 1. The van der Waals surface area contributed by atoms with Crippen molar-refractivity contribution in [3.05, 3.63) is 85.9 Å². The maximum absolute atomic E-state index is 12.5. The summed E-state index contributed by atoms with van der Waals surface area (Å²) in [5.41, 5.74) is 1.28. The first-order valence-corrected chi connectivity index (χ1v) is 11.2. The molecule has 9 heteroatoms. The zero-order valence-electron chi connectivity index (χ0n) is 14.1. The Balaban J connectivity index is 1.76. The van der Waals surface area contributed by atoms with E-state index in [-0.39, 0.29) is 16.5 Å². The second-order valence-corrected chi connectivity index (χ2v) is 9.44. The Morgan fingerprint density at radius 1 is 0.857 bits per heavy atom. The van der Waals surface area contributed by atoms with Gasteiger partial charge in [0, 0.05) is 19.3 Å². The standard InChI is InChI=1S/C19H13Cl2IN2O3S/c20-12-9-13(21)11-15(10-12)24-28(26,27)16-7-5-14(6-8-16)23-19(25)17-3-1-2-4-18(17)22/h1-11,24H,(H,23,25). The second-order valence-electron chi connectivity index (χ2n) is 5.72. The molecular formula is C19H13Cl2IN2O3S. The molecule has 28 heavy (non-hydrogen) atoms. The summed E-state index contributed by atoms with van der Waals surface area (Å²) in [5.74, 6) is -0.271. The highest BCUT2D eigenvalue weighted by atomic mass is 127. The van der Waals surface area contributed by atoms with Gasteiger partial charge in [0.25, 0.3) is 15.9 Å². The van der Waals surface area contributed by atoms with E-state index in [2.05, 4.69) is 32.6 Å². The van der Waals surface area contributed by atoms with Gasteiger partial charge in [-0.05, 0) is 77.2 Å². The highest BCUT2D eigenvalue weighted by Gasteiger charge is 2.16. The molecule has 3 aromatic carbocycles. The molecule has 5 nitrogen and oxygen atoms in total. The van der Waals surface area contributed by atoms with Crippen molar-refractivity contribution in [2.24, 2.45) is 0 Å². The van der Waals surface area contributed by atoms with Gasteiger partial charge in [-0.15, -0.1) is 0 Å². The molecule has 3 aromatic rings. The molecule has 0 spiro atoms. The summed E-state index contributed by atoms with van der Waals surface area (Å²) in [6.07, 6.45) is 0. The molecule has 0 heterocycles. The maximum Gasteiger partial charge on any atom is 0.261 e. The lowest BCUT2D eigenvalue weighted by molar-refractivity contribution is 0.102. The molecule has 0 saturated carbocycles.